The average molecular weight is 378 g/mol. The molecule has 0 aliphatic heterocycles. The van der Waals surface area contributed by atoms with E-state index in [1.54, 1.807) is 0 Å². The summed E-state index contributed by atoms with van der Waals surface area (Å²) < 4.78 is 18.3. The number of thioether (sulfide) groups is 1. The van der Waals surface area contributed by atoms with Gasteiger partial charge < -0.3 is 4.74 Å². The summed E-state index contributed by atoms with van der Waals surface area (Å²) in [6.07, 6.45) is 2.10. The maximum atomic E-state index is 13.4. The fourth-order valence-corrected chi connectivity index (χ4v) is 3.76. The largest absolute Gasteiger partial charge is 0.469 e. The summed E-state index contributed by atoms with van der Waals surface area (Å²) in [4.78, 5) is 22.1. The number of carbonyl (C=O) groups excluding carboxylic acids is 1. The van der Waals surface area contributed by atoms with Crippen LogP contribution in [0.5, 0.6) is 0 Å². The fraction of sp³-hybridized carbons (Fsp3) is 0.462. The van der Waals surface area contributed by atoms with Crippen LogP contribution in [0.1, 0.15) is 19.3 Å². The second-order valence-corrected chi connectivity index (χ2v) is 6.90. The van der Waals surface area contributed by atoms with Gasteiger partial charge in [0.1, 0.15) is 5.82 Å². The average Bonchev–Trinajstić information content (AvgIpc) is 3.19. The lowest BCUT2D eigenvalue weighted by atomic mass is 10.1. The zero-order valence-electron chi connectivity index (χ0n) is 11.2. The Bertz CT molecular complexity index is 592. The van der Waals surface area contributed by atoms with Crippen molar-refractivity contribution in [2.75, 3.05) is 12.9 Å². The van der Waals surface area contributed by atoms with E-state index in [1.165, 1.54) is 24.9 Å². The molecule has 1 aliphatic rings. The predicted octanol–water partition coefficient (Wildman–Crippen LogP) is 3.93. The van der Waals surface area contributed by atoms with E-state index < -0.39 is 10.7 Å². The molecule has 5 nitrogen and oxygen atoms in total. The van der Waals surface area contributed by atoms with Crippen LogP contribution in [0.25, 0.3) is 0 Å². The van der Waals surface area contributed by atoms with E-state index in [0.717, 1.165) is 18.9 Å². The lowest BCUT2D eigenvalue weighted by Gasteiger charge is -2.13. The summed E-state index contributed by atoms with van der Waals surface area (Å²) >= 11 is 4.31. The van der Waals surface area contributed by atoms with Crippen LogP contribution in [-0.4, -0.2) is 23.8 Å². The number of esters is 1. The third-order valence-corrected chi connectivity index (χ3v) is 5.44. The molecule has 21 heavy (non-hydrogen) atoms. The van der Waals surface area contributed by atoms with E-state index in [2.05, 4.69) is 20.7 Å². The predicted molar refractivity (Wildman–Crippen MR) is 79.8 cm³/mol. The van der Waals surface area contributed by atoms with Gasteiger partial charge in [0.25, 0.3) is 5.69 Å². The van der Waals surface area contributed by atoms with Crippen LogP contribution in [-0.2, 0) is 9.53 Å². The molecule has 0 atom stereocenters. The zero-order valence-corrected chi connectivity index (χ0v) is 13.6. The lowest BCUT2D eigenvalue weighted by Crippen LogP contribution is -2.13. The number of nitrogens with zero attached hydrogens (tertiary/aromatic N) is 1. The highest BCUT2D eigenvalue weighted by Gasteiger charge is 2.44. The number of nitro benzene ring substituents is 1. The maximum absolute atomic E-state index is 13.4. The Morgan fingerprint density at radius 3 is 2.76 bits per heavy atom. The topological polar surface area (TPSA) is 69.4 Å². The van der Waals surface area contributed by atoms with Crippen molar-refractivity contribution in [2.45, 2.75) is 24.2 Å². The third kappa shape index (κ3) is 3.94. The summed E-state index contributed by atoms with van der Waals surface area (Å²) in [6.45, 7) is 0. The van der Waals surface area contributed by atoms with Gasteiger partial charge in [0, 0.05) is 5.75 Å². The first kappa shape index (κ1) is 16.2. The van der Waals surface area contributed by atoms with Crippen LogP contribution >= 0.6 is 27.7 Å². The second-order valence-electron chi connectivity index (χ2n) is 5.03. The number of ether oxygens (including phenoxy) is 1. The van der Waals surface area contributed by atoms with Crippen LogP contribution < -0.4 is 0 Å². The molecule has 8 heteroatoms. The molecule has 0 heterocycles. The molecule has 114 valence electrons. The number of hydrogen-bond acceptors (Lipinski definition) is 5. The Morgan fingerprint density at radius 1 is 1.57 bits per heavy atom. The maximum Gasteiger partial charge on any atom is 0.306 e. The molecule has 2 rings (SSSR count). The van der Waals surface area contributed by atoms with Crippen LogP contribution in [0.3, 0.4) is 0 Å². The van der Waals surface area contributed by atoms with Gasteiger partial charge in [-0.05, 0) is 40.3 Å². The summed E-state index contributed by atoms with van der Waals surface area (Å²) in [5.74, 6) is -0.370. The molecule has 0 saturated heterocycles. The molecular weight excluding hydrogens is 365 g/mol. The molecule has 1 fully saturated rings. The molecule has 1 saturated carbocycles. The number of rotatable bonds is 6. The number of hydrogen-bond donors (Lipinski definition) is 0. The minimum absolute atomic E-state index is 0.146. The molecule has 0 bridgehead atoms. The number of carbonyl (C=O) groups is 1. The van der Waals surface area contributed by atoms with Crippen molar-refractivity contribution in [2.24, 2.45) is 5.41 Å². The van der Waals surface area contributed by atoms with Crippen molar-refractivity contribution in [3.8, 4) is 0 Å². The zero-order chi connectivity index (χ0) is 15.6. The fourth-order valence-electron chi connectivity index (χ4n) is 1.93. The number of methoxy groups -OCH3 is 1. The minimum Gasteiger partial charge on any atom is -0.469 e. The SMILES string of the molecule is COC(=O)CC1(CSc2cc(Br)c(F)cc2[N+](=O)[O-])CC1. The highest BCUT2D eigenvalue weighted by molar-refractivity contribution is 9.10. The van der Waals surface area contributed by atoms with E-state index in [4.69, 9.17) is 0 Å². The van der Waals surface area contributed by atoms with Gasteiger partial charge >= 0.3 is 5.97 Å². The first-order valence-electron chi connectivity index (χ1n) is 6.20. The highest BCUT2D eigenvalue weighted by atomic mass is 79.9. The van der Waals surface area contributed by atoms with Crippen molar-refractivity contribution < 1.29 is 18.8 Å². The molecule has 0 N–H and O–H groups in total. The molecular formula is C13H13BrFNO4S. The molecule has 0 unspecified atom stereocenters. The standard InChI is InChI=1S/C13H13BrFNO4S/c1-20-12(17)6-13(2-3-13)7-21-11-4-8(14)9(15)5-10(11)16(18)19/h4-5H,2-3,6-7H2,1H3. The van der Waals surface area contributed by atoms with Gasteiger partial charge in [-0.15, -0.1) is 11.8 Å². The minimum atomic E-state index is -0.665. The van der Waals surface area contributed by atoms with Crippen molar-refractivity contribution >= 4 is 39.3 Å². The Morgan fingerprint density at radius 2 is 2.24 bits per heavy atom. The first-order valence-corrected chi connectivity index (χ1v) is 7.98. The van der Waals surface area contributed by atoms with E-state index in [9.17, 15) is 19.3 Å². The molecule has 0 amide bonds. The quantitative estimate of drug-likeness (QED) is 0.325. The Balaban J connectivity index is 2.11. The molecule has 0 aromatic heterocycles. The van der Waals surface area contributed by atoms with Gasteiger partial charge in [0.05, 0.1) is 33.9 Å². The summed E-state index contributed by atoms with van der Waals surface area (Å²) in [7, 11) is 1.34. The van der Waals surface area contributed by atoms with E-state index in [1.807, 2.05) is 0 Å². The summed E-state index contributed by atoms with van der Waals surface area (Å²) in [5, 5.41) is 11.0. The van der Waals surface area contributed by atoms with Gasteiger partial charge in [0.2, 0.25) is 0 Å². The lowest BCUT2D eigenvalue weighted by molar-refractivity contribution is -0.387. The Hall–Kier alpha value is -1.15. The van der Waals surface area contributed by atoms with Crippen molar-refractivity contribution in [3.05, 3.63) is 32.5 Å². The second kappa shape index (κ2) is 6.31. The van der Waals surface area contributed by atoms with Gasteiger partial charge in [-0.1, -0.05) is 0 Å². The monoisotopic (exact) mass is 377 g/mol. The number of nitro groups is 1. The summed E-state index contributed by atoms with van der Waals surface area (Å²) in [6, 6.07) is 2.32. The Kier molecular flexibility index (Phi) is 4.88. The third-order valence-electron chi connectivity index (χ3n) is 3.44. The molecule has 1 aromatic carbocycles. The van der Waals surface area contributed by atoms with E-state index in [-0.39, 0.29) is 21.5 Å². The van der Waals surface area contributed by atoms with Gasteiger partial charge in [-0.3, -0.25) is 14.9 Å². The van der Waals surface area contributed by atoms with Crippen molar-refractivity contribution in [3.63, 3.8) is 0 Å². The van der Waals surface area contributed by atoms with Crippen LogP contribution in [0.4, 0.5) is 10.1 Å². The number of benzene rings is 1. The Labute approximate surface area is 133 Å². The van der Waals surface area contributed by atoms with Crippen LogP contribution in [0.15, 0.2) is 21.5 Å². The highest BCUT2D eigenvalue weighted by Crippen LogP contribution is 2.53. The summed E-state index contributed by atoms with van der Waals surface area (Å²) in [5.41, 5.74) is -0.401. The molecule has 0 spiro atoms. The van der Waals surface area contributed by atoms with Gasteiger partial charge in [0.15, 0.2) is 0 Å². The van der Waals surface area contributed by atoms with E-state index >= 15 is 0 Å². The smallest absolute Gasteiger partial charge is 0.306 e. The van der Waals surface area contributed by atoms with Crippen LogP contribution in [0.2, 0.25) is 0 Å². The van der Waals surface area contributed by atoms with Gasteiger partial charge in [-0.2, -0.15) is 0 Å². The number of halogens is 2. The molecule has 1 aliphatic carbocycles. The van der Waals surface area contributed by atoms with Gasteiger partial charge in [-0.25, -0.2) is 4.39 Å². The molecule has 1 aromatic rings. The van der Waals surface area contributed by atoms with Crippen molar-refractivity contribution in [1.82, 2.24) is 0 Å². The first-order chi connectivity index (χ1) is 9.87. The van der Waals surface area contributed by atoms with Crippen LogP contribution in [0, 0.1) is 21.3 Å². The van der Waals surface area contributed by atoms with Crippen molar-refractivity contribution in [1.29, 1.82) is 0 Å². The normalized spacial score (nSPS) is 15.6. The van der Waals surface area contributed by atoms with E-state index in [0.29, 0.717) is 17.1 Å². The molecule has 0 radical (unpaired) electrons.